The van der Waals surface area contributed by atoms with Crippen molar-refractivity contribution in [2.45, 2.75) is 45.6 Å². The van der Waals surface area contributed by atoms with Gasteiger partial charge in [-0.1, -0.05) is 57.5 Å². The van der Waals surface area contributed by atoms with Crippen LogP contribution < -0.4 is 5.32 Å². The van der Waals surface area contributed by atoms with E-state index in [4.69, 9.17) is 0 Å². The van der Waals surface area contributed by atoms with Gasteiger partial charge in [0, 0.05) is 6.54 Å². The Labute approximate surface area is 130 Å². The van der Waals surface area contributed by atoms with E-state index in [-0.39, 0.29) is 12.1 Å². The van der Waals surface area contributed by atoms with Gasteiger partial charge in [-0.2, -0.15) is 0 Å². The molecule has 1 unspecified atom stereocenters. The third kappa shape index (κ3) is 5.42. The van der Waals surface area contributed by atoms with E-state index in [0.717, 1.165) is 32.6 Å². The number of benzene rings is 1. The summed E-state index contributed by atoms with van der Waals surface area (Å²) in [7, 11) is 0. The van der Waals surface area contributed by atoms with Crippen LogP contribution in [0.3, 0.4) is 0 Å². The summed E-state index contributed by atoms with van der Waals surface area (Å²) in [6, 6.07) is 10.4. The minimum Gasteiger partial charge on any atom is -0.394 e. The van der Waals surface area contributed by atoms with Crippen molar-refractivity contribution in [3.05, 3.63) is 35.9 Å². The molecule has 1 atom stereocenters. The third-order valence-corrected chi connectivity index (χ3v) is 4.08. The van der Waals surface area contributed by atoms with Crippen molar-refractivity contribution in [2.24, 2.45) is 0 Å². The molecule has 0 aliphatic rings. The van der Waals surface area contributed by atoms with Crippen LogP contribution in [0.15, 0.2) is 30.3 Å². The molecule has 0 aromatic heterocycles. The van der Waals surface area contributed by atoms with Gasteiger partial charge in [0.2, 0.25) is 0 Å². The lowest BCUT2D eigenvalue weighted by Crippen LogP contribution is -2.54. The quantitative estimate of drug-likeness (QED) is 0.658. The maximum Gasteiger partial charge on any atom is 0.0797 e. The zero-order chi connectivity index (χ0) is 15.6. The molecule has 0 radical (unpaired) electrons. The van der Waals surface area contributed by atoms with Crippen molar-refractivity contribution < 1.29 is 5.11 Å². The Bertz CT molecular complexity index is 369. The van der Waals surface area contributed by atoms with Crippen LogP contribution in [0, 0.1) is 0 Å². The molecule has 0 aliphatic heterocycles. The van der Waals surface area contributed by atoms with E-state index in [1.165, 1.54) is 18.4 Å². The van der Waals surface area contributed by atoms with Gasteiger partial charge >= 0.3 is 0 Å². The number of nitrogens with one attached hydrogen (secondary N) is 1. The molecule has 0 amide bonds. The number of hydrogen-bond donors (Lipinski definition) is 2. The highest BCUT2D eigenvalue weighted by molar-refractivity contribution is 5.25. The monoisotopic (exact) mass is 292 g/mol. The minimum atomic E-state index is -0.360. The van der Waals surface area contributed by atoms with Gasteiger partial charge in [0.05, 0.1) is 12.1 Å². The molecule has 0 saturated carbocycles. The summed E-state index contributed by atoms with van der Waals surface area (Å²) in [6.45, 7) is 10.6. The Morgan fingerprint density at radius 2 is 1.81 bits per heavy atom. The third-order valence-electron chi connectivity index (χ3n) is 4.08. The molecule has 2 N–H and O–H groups in total. The van der Waals surface area contributed by atoms with Gasteiger partial charge in [-0.25, -0.2) is 0 Å². The molecule has 1 aromatic carbocycles. The number of nitrogens with zero attached hydrogens (tertiary/aromatic N) is 1. The smallest absolute Gasteiger partial charge is 0.0797 e. The number of aliphatic hydroxyl groups is 1. The molecule has 3 nitrogen and oxygen atoms in total. The van der Waals surface area contributed by atoms with Gasteiger partial charge in [-0.05, 0) is 38.0 Å². The lowest BCUT2D eigenvalue weighted by molar-refractivity contribution is 0.108. The first-order chi connectivity index (χ1) is 10.2. The van der Waals surface area contributed by atoms with Crippen LogP contribution in [0.1, 0.15) is 45.6 Å². The van der Waals surface area contributed by atoms with Crippen molar-refractivity contribution in [1.29, 1.82) is 0 Å². The molecule has 120 valence electrons. The molecule has 0 saturated heterocycles. The Balaban J connectivity index is 2.94. The first kappa shape index (κ1) is 18.1. The molecule has 0 spiro atoms. The highest BCUT2D eigenvalue weighted by atomic mass is 16.3. The Kier molecular flexibility index (Phi) is 8.58. The van der Waals surface area contributed by atoms with Crippen molar-refractivity contribution in [2.75, 3.05) is 32.8 Å². The average Bonchev–Trinajstić information content (AvgIpc) is 2.55. The SMILES string of the molecule is CCCCN(CC)CC(CO)(NCCC)c1ccccc1. The lowest BCUT2D eigenvalue weighted by Gasteiger charge is -2.38. The van der Waals surface area contributed by atoms with Gasteiger partial charge < -0.3 is 15.3 Å². The van der Waals surface area contributed by atoms with E-state index in [0.29, 0.717) is 0 Å². The zero-order valence-electron chi connectivity index (χ0n) is 13.9. The minimum absolute atomic E-state index is 0.125. The fourth-order valence-electron chi connectivity index (χ4n) is 2.68. The number of hydrogen-bond acceptors (Lipinski definition) is 3. The molecular weight excluding hydrogens is 260 g/mol. The second-order valence-corrected chi connectivity index (χ2v) is 5.76. The van der Waals surface area contributed by atoms with Gasteiger partial charge in [0.25, 0.3) is 0 Å². The zero-order valence-corrected chi connectivity index (χ0v) is 13.9. The highest BCUT2D eigenvalue weighted by Crippen LogP contribution is 2.22. The van der Waals surface area contributed by atoms with Crippen molar-refractivity contribution in [3.8, 4) is 0 Å². The maximum atomic E-state index is 10.1. The maximum absolute atomic E-state index is 10.1. The first-order valence-electron chi connectivity index (χ1n) is 8.36. The van der Waals surface area contributed by atoms with E-state index >= 15 is 0 Å². The van der Waals surface area contributed by atoms with E-state index in [1.807, 2.05) is 6.07 Å². The van der Waals surface area contributed by atoms with Gasteiger partial charge in [0.15, 0.2) is 0 Å². The van der Waals surface area contributed by atoms with Crippen LogP contribution in [0.2, 0.25) is 0 Å². The lowest BCUT2D eigenvalue weighted by atomic mass is 9.89. The summed E-state index contributed by atoms with van der Waals surface area (Å²) < 4.78 is 0. The molecule has 21 heavy (non-hydrogen) atoms. The van der Waals surface area contributed by atoms with Crippen LogP contribution in [0.25, 0.3) is 0 Å². The van der Waals surface area contributed by atoms with Crippen LogP contribution in [0.4, 0.5) is 0 Å². The predicted molar refractivity (Wildman–Crippen MR) is 90.5 cm³/mol. The Hall–Kier alpha value is -0.900. The summed E-state index contributed by atoms with van der Waals surface area (Å²) in [4.78, 5) is 2.44. The van der Waals surface area contributed by atoms with E-state index < -0.39 is 0 Å². The van der Waals surface area contributed by atoms with Crippen molar-refractivity contribution in [3.63, 3.8) is 0 Å². The van der Waals surface area contributed by atoms with Crippen LogP contribution in [-0.2, 0) is 5.54 Å². The Morgan fingerprint density at radius 3 is 2.33 bits per heavy atom. The summed E-state index contributed by atoms with van der Waals surface area (Å²) >= 11 is 0. The van der Waals surface area contributed by atoms with Gasteiger partial charge in [-0.15, -0.1) is 0 Å². The van der Waals surface area contributed by atoms with E-state index in [1.54, 1.807) is 0 Å². The summed E-state index contributed by atoms with van der Waals surface area (Å²) in [5.74, 6) is 0. The number of likely N-dealkylation sites (N-methyl/N-ethyl adjacent to an activating group) is 1. The molecular formula is C18H32N2O. The number of unbranched alkanes of at least 4 members (excludes halogenated alkanes) is 1. The van der Waals surface area contributed by atoms with Crippen molar-refractivity contribution >= 4 is 0 Å². The largest absolute Gasteiger partial charge is 0.394 e. The average molecular weight is 292 g/mol. The molecule has 0 aliphatic carbocycles. The predicted octanol–water partition coefficient (Wildman–Crippen LogP) is 3.00. The van der Waals surface area contributed by atoms with E-state index in [2.05, 4.69) is 55.3 Å². The van der Waals surface area contributed by atoms with Crippen LogP contribution in [-0.4, -0.2) is 42.8 Å². The molecule has 0 bridgehead atoms. The second-order valence-electron chi connectivity index (χ2n) is 5.76. The summed E-state index contributed by atoms with van der Waals surface area (Å²) in [5, 5.41) is 13.7. The molecule has 3 heteroatoms. The normalized spacial score (nSPS) is 14.3. The summed E-state index contributed by atoms with van der Waals surface area (Å²) in [5.41, 5.74) is 0.817. The van der Waals surface area contributed by atoms with Crippen molar-refractivity contribution in [1.82, 2.24) is 10.2 Å². The fourth-order valence-corrected chi connectivity index (χ4v) is 2.68. The fraction of sp³-hybridized carbons (Fsp3) is 0.667. The van der Waals surface area contributed by atoms with Gasteiger partial charge in [0.1, 0.15) is 0 Å². The van der Waals surface area contributed by atoms with Gasteiger partial charge in [-0.3, -0.25) is 0 Å². The molecule has 0 fully saturated rings. The summed E-state index contributed by atoms with van der Waals surface area (Å²) in [6.07, 6.45) is 3.48. The number of aliphatic hydroxyl groups excluding tert-OH is 1. The molecule has 1 aromatic rings. The highest BCUT2D eigenvalue weighted by Gasteiger charge is 2.32. The first-order valence-corrected chi connectivity index (χ1v) is 8.36. The standard InChI is InChI=1S/C18H32N2O/c1-4-7-14-20(6-3)15-18(16-21,19-13-5-2)17-11-9-8-10-12-17/h8-12,19,21H,4-7,13-16H2,1-3H3. The number of rotatable bonds is 11. The van der Waals surface area contributed by atoms with Crippen LogP contribution in [0.5, 0.6) is 0 Å². The Morgan fingerprint density at radius 1 is 1.10 bits per heavy atom. The topological polar surface area (TPSA) is 35.5 Å². The molecule has 0 heterocycles. The van der Waals surface area contributed by atoms with Crippen LogP contribution >= 0.6 is 0 Å². The molecule has 1 rings (SSSR count). The second kappa shape index (κ2) is 9.93. The van der Waals surface area contributed by atoms with E-state index in [9.17, 15) is 5.11 Å².